The van der Waals surface area contributed by atoms with E-state index in [0.717, 1.165) is 11.3 Å². The maximum absolute atomic E-state index is 5.57. The fourth-order valence-electron chi connectivity index (χ4n) is 0.703. The highest BCUT2D eigenvalue weighted by atomic mass is 16.3. The molecule has 0 aromatic carbocycles. The fraction of sp³-hybridized carbons (Fsp3) is 0.429. The second kappa shape index (κ2) is 2.23. The van der Waals surface area contributed by atoms with Crippen LogP contribution in [0.3, 0.4) is 0 Å². The molecule has 0 bridgehead atoms. The standard InChI is InChI=1S/C7H11NO/c1-5-3-7(4-9-5)6(2)8/h3-4,6H,8H2,1-2H3. The van der Waals surface area contributed by atoms with Crippen LogP contribution in [-0.2, 0) is 0 Å². The lowest BCUT2D eigenvalue weighted by molar-refractivity contribution is 0.530. The molecule has 0 fully saturated rings. The van der Waals surface area contributed by atoms with E-state index in [-0.39, 0.29) is 6.04 Å². The predicted molar refractivity (Wildman–Crippen MR) is 36.0 cm³/mol. The Morgan fingerprint density at radius 2 is 2.33 bits per heavy atom. The summed E-state index contributed by atoms with van der Waals surface area (Å²) >= 11 is 0. The third kappa shape index (κ3) is 1.33. The minimum atomic E-state index is 0.0856. The normalized spacial score (nSPS) is 13.7. The number of hydrogen-bond donors (Lipinski definition) is 1. The van der Waals surface area contributed by atoms with Crippen LogP contribution in [0.15, 0.2) is 16.7 Å². The van der Waals surface area contributed by atoms with Crippen molar-refractivity contribution in [3.8, 4) is 0 Å². The molecule has 1 unspecified atom stereocenters. The van der Waals surface area contributed by atoms with Gasteiger partial charge in [0.05, 0.1) is 6.26 Å². The van der Waals surface area contributed by atoms with E-state index in [1.54, 1.807) is 6.26 Å². The summed E-state index contributed by atoms with van der Waals surface area (Å²) in [6.07, 6.45) is 1.69. The largest absolute Gasteiger partial charge is 0.469 e. The van der Waals surface area contributed by atoms with E-state index >= 15 is 0 Å². The average molecular weight is 125 g/mol. The van der Waals surface area contributed by atoms with Crippen molar-refractivity contribution >= 4 is 0 Å². The number of furan rings is 1. The van der Waals surface area contributed by atoms with Crippen LogP contribution in [-0.4, -0.2) is 0 Å². The summed E-state index contributed by atoms with van der Waals surface area (Å²) in [7, 11) is 0. The van der Waals surface area contributed by atoms with E-state index in [1.807, 2.05) is 19.9 Å². The summed E-state index contributed by atoms with van der Waals surface area (Å²) in [5.41, 5.74) is 6.63. The van der Waals surface area contributed by atoms with Crippen LogP contribution in [0.25, 0.3) is 0 Å². The van der Waals surface area contributed by atoms with Crippen molar-refractivity contribution in [3.05, 3.63) is 23.7 Å². The van der Waals surface area contributed by atoms with E-state index in [2.05, 4.69) is 0 Å². The van der Waals surface area contributed by atoms with Gasteiger partial charge in [0.15, 0.2) is 0 Å². The molecule has 0 saturated heterocycles. The molecule has 9 heavy (non-hydrogen) atoms. The highest BCUT2D eigenvalue weighted by molar-refractivity contribution is 5.14. The van der Waals surface area contributed by atoms with Gasteiger partial charge in [-0.2, -0.15) is 0 Å². The zero-order valence-corrected chi connectivity index (χ0v) is 5.72. The molecule has 50 valence electrons. The molecule has 1 rings (SSSR count). The molecule has 0 saturated carbocycles. The van der Waals surface area contributed by atoms with Crippen molar-refractivity contribution in [1.82, 2.24) is 0 Å². The minimum absolute atomic E-state index is 0.0856. The Morgan fingerprint density at radius 3 is 2.56 bits per heavy atom. The Hall–Kier alpha value is -0.760. The zero-order chi connectivity index (χ0) is 6.85. The molecule has 2 N–H and O–H groups in total. The van der Waals surface area contributed by atoms with Gasteiger partial charge in [-0.3, -0.25) is 0 Å². The highest BCUT2D eigenvalue weighted by Gasteiger charge is 2.00. The van der Waals surface area contributed by atoms with Gasteiger partial charge in [0.2, 0.25) is 0 Å². The van der Waals surface area contributed by atoms with Gasteiger partial charge in [-0.05, 0) is 19.9 Å². The molecule has 1 aromatic rings. The van der Waals surface area contributed by atoms with E-state index in [0.29, 0.717) is 0 Å². The molecule has 0 radical (unpaired) electrons. The molecule has 1 heterocycles. The maximum atomic E-state index is 5.57. The molecule has 0 aliphatic rings. The highest BCUT2D eigenvalue weighted by Crippen LogP contribution is 2.12. The summed E-state index contributed by atoms with van der Waals surface area (Å²) in [5, 5.41) is 0. The van der Waals surface area contributed by atoms with E-state index in [4.69, 9.17) is 10.2 Å². The summed E-state index contributed by atoms with van der Waals surface area (Å²) in [6, 6.07) is 2.03. The second-order valence-electron chi connectivity index (χ2n) is 2.28. The number of hydrogen-bond acceptors (Lipinski definition) is 2. The van der Waals surface area contributed by atoms with E-state index in [9.17, 15) is 0 Å². The average Bonchev–Trinajstić information content (AvgIpc) is 2.14. The Kier molecular flexibility index (Phi) is 1.58. The first kappa shape index (κ1) is 6.36. The van der Waals surface area contributed by atoms with Gasteiger partial charge >= 0.3 is 0 Å². The quantitative estimate of drug-likeness (QED) is 0.619. The first-order valence-electron chi connectivity index (χ1n) is 3.01. The monoisotopic (exact) mass is 125 g/mol. The molecule has 0 aliphatic carbocycles. The Balaban J connectivity index is 2.85. The van der Waals surface area contributed by atoms with Crippen molar-refractivity contribution < 1.29 is 4.42 Å². The lowest BCUT2D eigenvalue weighted by Gasteiger charge is -1.95. The van der Waals surface area contributed by atoms with Gasteiger partial charge < -0.3 is 10.2 Å². The van der Waals surface area contributed by atoms with Crippen LogP contribution in [0.5, 0.6) is 0 Å². The molecule has 2 nitrogen and oxygen atoms in total. The van der Waals surface area contributed by atoms with Crippen LogP contribution in [0.1, 0.15) is 24.3 Å². The third-order valence-electron chi connectivity index (χ3n) is 1.28. The fourth-order valence-corrected chi connectivity index (χ4v) is 0.703. The van der Waals surface area contributed by atoms with Gasteiger partial charge in [-0.1, -0.05) is 0 Å². The number of aryl methyl sites for hydroxylation is 1. The topological polar surface area (TPSA) is 39.2 Å². The van der Waals surface area contributed by atoms with Crippen LogP contribution in [0, 0.1) is 6.92 Å². The van der Waals surface area contributed by atoms with Crippen LogP contribution >= 0.6 is 0 Å². The Morgan fingerprint density at radius 1 is 1.67 bits per heavy atom. The smallest absolute Gasteiger partial charge is 0.101 e. The van der Waals surface area contributed by atoms with Crippen molar-refractivity contribution in [1.29, 1.82) is 0 Å². The lowest BCUT2D eigenvalue weighted by Crippen LogP contribution is -2.02. The maximum Gasteiger partial charge on any atom is 0.101 e. The second-order valence-corrected chi connectivity index (χ2v) is 2.28. The lowest BCUT2D eigenvalue weighted by atomic mass is 10.2. The van der Waals surface area contributed by atoms with Gasteiger partial charge in [0, 0.05) is 11.6 Å². The molecule has 2 heteroatoms. The molecule has 1 aromatic heterocycles. The number of nitrogens with two attached hydrogens (primary N) is 1. The van der Waals surface area contributed by atoms with Gasteiger partial charge in [0.25, 0.3) is 0 Å². The van der Waals surface area contributed by atoms with Gasteiger partial charge in [0.1, 0.15) is 5.76 Å². The van der Waals surface area contributed by atoms with E-state index in [1.165, 1.54) is 0 Å². The summed E-state index contributed by atoms with van der Waals surface area (Å²) in [6.45, 7) is 3.84. The van der Waals surface area contributed by atoms with Crippen LogP contribution < -0.4 is 5.73 Å². The molecular weight excluding hydrogens is 114 g/mol. The third-order valence-corrected chi connectivity index (χ3v) is 1.28. The van der Waals surface area contributed by atoms with Gasteiger partial charge in [-0.15, -0.1) is 0 Å². The number of rotatable bonds is 1. The zero-order valence-electron chi connectivity index (χ0n) is 5.72. The van der Waals surface area contributed by atoms with E-state index < -0.39 is 0 Å². The SMILES string of the molecule is Cc1cc(C(C)N)co1. The minimum Gasteiger partial charge on any atom is -0.469 e. The molecule has 0 spiro atoms. The van der Waals surface area contributed by atoms with Crippen molar-refractivity contribution in [3.63, 3.8) is 0 Å². The van der Waals surface area contributed by atoms with Crippen LogP contribution in [0.2, 0.25) is 0 Å². The molecule has 0 aliphatic heterocycles. The van der Waals surface area contributed by atoms with Crippen molar-refractivity contribution in [2.24, 2.45) is 5.73 Å². The Labute approximate surface area is 54.7 Å². The summed E-state index contributed by atoms with van der Waals surface area (Å²) in [5.74, 6) is 0.919. The van der Waals surface area contributed by atoms with Gasteiger partial charge in [-0.25, -0.2) is 0 Å². The Bertz CT molecular complexity index is 191. The first-order chi connectivity index (χ1) is 4.20. The van der Waals surface area contributed by atoms with Crippen molar-refractivity contribution in [2.45, 2.75) is 19.9 Å². The molecule has 1 atom stereocenters. The first-order valence-corrected chi connectivity index (χ1v) is 3.01. The molecule has 0 amide bonds. The molecular formula is C7H11NO. The summed E-state index contributed by atoms with van der Waals surface area (Å²) < 4.78 is 5.05. The summed E-state index contributed by atoms with van der Waals surface area (Å²) in [4.78, 5) is 0. The predicted octanol–water partition coefficient (Wildman–Crippen LogP) is 1.61. The van der Waals surface area contributed by atoms with Crippen molar-refractivity contribution in [2.75, 3.05) is 0 Å². The van der Waals surface area contributed by atoms with Crippen LogP contribution in [0.4, 0.5) is 0 Å².